The number of thioether (sulfide) groups is 1. The minimum absolute atomic E-state index is 0.0210. The van der Waals surface area contributed by atoms with Crippen LogP contribution in [0, 0.1) is 6.92 Å². The summed E-state index contributed by atoms with van der Waals surface area (Å²) in [5.74, 6) is 0.0210. The molecule has 1 aliphatic heterocycles. The Kier molecular flexibility index (Phi) is 5.06. The number of rotatable bonds is 3. The second-order valence-electron chi connectivity index (χ2n) is 6.45. The van der Waals surface area contributed by atoms with Gasteiger partial charge in [0.05, 0.1) is 4.91 Å². The first kappa shape index (κ1) is 17.9. The highest BCUT2D eigenvalue weighted by molar-refractivity contribution is 8.05. The van der Waals surface area contributed by atoms with Crippen molar-refractivity contribution in [2.24, 2.45) is 0 Å². The number of anilines is 1. The summed E-state index contributed by atoms with van der Waals surface area (Å²) >= 11 is 7.63. The molecular formula is C23H18ClNOS. The summed E-state index contributed by atoms with van der Waals surface area (Å²) < 4.78 is 0. The molecule has 0 unspecified atom stereocenters. The third kappa shape index (κ3) is 3.80. The van der Waals surface area contributed by atoms with Gasteiger partial charge in [0.25, 0.3) is 5.91 Å². The standard InChI is InChI=1S/C23H18ClNOS/c1-16-7-13-20(14-8-16)25-22(26)21(15-17-5-3-2-4-6-17)27-23(25)18-9-11-19(24)12-10-18/h2-15,23H,1H3/b21-15+/t23-/m0/s1. The highest BCUT2D eigenvalue weighted by atomic mass is 35.5. The molecule has 0 radical (unpaired) electrons. The molecule has 3 aromatic rings. The Morgan fingerprint density at radius 2 is 1.59 bits per heavy atom. The van der Waals surface area contributed by atoms with Gasteiger partial charge in [0.2, 0.25) is 0 Å². The molecule has 2 nitrogen and oxygen atoms in total. The Hall–Kier alpha value is -2.49. The molecule has 1 fully saturated rings. The second-order valence-corrected chi connectivity index (χ2v) is 8.01. The van der Waals surface area contributed by atoms with E-state index in [2.05, 4.69) is 0 Å². The molecule has 1 amide bonds. The van der Waals surface area contributed by atoms with Crippen molar-refractivity contribution in [3.05, 3.63) is 105 Å². The van der Waals surface area contributed by atoms with Crippen LogP contribution in [0.25, 0.3) is 6.08 Å². The van der Waals surface area contributed by atoms with E-state index in [9.17, 15) is 4.79 Å². The number of carbonyl (C=O) groups excluding carboxylic acids is 1. The molecule has 0 spiro atoms. The van der Waals surface area contributed by atoms with Crippen LogP contribution in [0.2, 0.25) is 5.02 Å². The molecule has 0 saturated carbocycles. The van der Waals surface area contributed by atoms with Gasteiger partial charge in [0.15, 0.2) is 0 Å². The SMILES string of the molecule is Cc1ccc(N2C(=O)/C(=C\c3ccccc3)S[C@H]2c2ccc(Cl)cc2)cc1. The number of hydrogen-bond donors (Lipinski definition) is 0. The predicted octanol–water partition coefficient (Wildman–Crippen LogP) is 6.47. The Balaban J connectivity index is 1.77. The smallest absolute Gasteiger partial charge is 0.266 e. The van der Waals surface area contributed by atoms with Crippen LogP contribution in [-0.2, 0) is 4.79 Å². The molecule has 0 aliphatic carbocycles. The molecule has 3 aromatic carbocycles. The zero-order valence-corrected chi connectivity index (χ0v) is 16.4. The summed E-state index contributed by atoms with van der Waals surface area (Å²) in [6.07, 6.45) is 1.96. The quantitative estimate of drug-likeness (QED) is 0.477. The highest BCUT2D eigenvalue weighted by Crippen LogP contribution is 2.48. The van der Waals surface area contributed by atoms with Crippen molar-refractivity contribution in [3.8, 4) is 0 Å². The van der Waals surface area contributed by atoms with Crippen molar-refractivity contribution in [3.63, 3.8) is 0 Å². The second kappa shape index (κ2) is 7.63. The van der Waals surface area contributed by atoms with Gasteiger partial charge in [-0.3, -0.25) is 9.69 Å². The number of amides is 1. The fraction of sp³-hybridized carbons (Fsp3) is 0.0870. The summed E-state index contributed by atoms with van der Waals surface area (Å²) in [5, 5.41) is 0.572. The van der Waals surface area contributed by atoms with Crippen LogP contribution >= 0.6 is 23.4 Å². The summed E-state index contributed by atoms with van der Waals surface area (Å²) in [6.45, 7) is 2.04. The summed E-state index contributed by atoms with van der Waals surface area (Å²) in [7, 11) is 0. The molecule has 1 heterocycles. The molecule has 0 bridgehead atoms. The molecule has 4 rings (SSSR count). The van der Waals surface area contributed by atoms with Crippen molar-refractivity contribution in [1.29, 1.82) is 0 Å². The van der Waals surface area contributed by atoms with E-state index in [1.54, 1.807) is 11.8 Å². The Morgan fingerprint density at radius 3 is 2.26 bits per heavy atom. The van der Waals surface area contributed by atoms with Crippen LogP contribution < -0.4 is 4.90 Å². The number of benzene rings is 3. The average molecular weight is 392 g/mol. The maximum Gasteiger partial charge on any atom is 0.266 e. The molecule has 4 heteroatoms. The first-order valence-corrected chi connectivity index (χ1v) is 9.97. The number of halogens is 1. The van der Waals surface area contributed by atoms with Gasteiger partial charge in [0.1, 0.15) is 5.37 Å². The maximum absolute atomic E-state index is 13.3. The topological polar surface area (TPSA) is 20.3 Å². The average Bonchev–Trinajstić information content (AvgIpc) is 3.00. The van der Waals surface area contributed by atoms with E-state index in [-0.39, 0.29) is 11.3 Å². The number of aryl methyl sites for hydroxylation is 1. The first-order chi connectivity index (χ1) is 13.1. The van der Waals surface area contributed by atoms with E-state index in [1.165, 1.54) is 5.56 Å². The van der Waals surface area contributed by atoms with Gasteiger partial charge in [0, 0.05) is 10.7 Å². The summed E-state index contributed by atoms with van der Waals surface area (Å²) in [6, 6.07) is 25.7. The molecule has 27 heavy (non-hydrogen) atoms. The Morgan fingerprint density at radius 1 is 0.926 bits per heavy atom. The summed E-state index contributed by atoms with van der Waals surface area (Å²) in [5.41, 5.74) is 4.14. The molecule has 134 valence electrons. The third-order valence-corrected chi connectivity index (χ3v) is 5.97. The lowest BCUT2D eigenvalue weighted by Crippen LogP contribution is -2.27. The van der Waals surface area contributed by atoms with Gasteiger partial charge in [-0.1, -0.05) is 83.5 Å². The van der Waals surface area contributed by atoms with Crippen LogP contribution in [0.15, 0.2) is 83.8 Å². The molecular weight excluding hydrogens is 374 g/mol. The van der Waals surface area contributed by atoms with E-state index in [4.69, 9.17) is 11.6 Å². The van der Waals surface area contributed by atoms with Gasteiger partial charge < -0.3 is 0 Å². The van der Waals surface area contributed by atoms with Crippen LogP contribution in [0.1, 0.15) is 22.1 Å². The van der Waals surface area contributed by atoms with Crippen molar-refractivity contribution in [2.75, 3.05) is 4.90 Å². The van der Waals surface area contributed by atoms with Gasteiger partial charge >= 0.3 is 0 Å². The molecule has 0 aromatic heterocycles. The zero-order valence-electron chi connectivity index (χ0n) is 14.8. The Labute approximate surface area is 168 Å². The van der Waals surface area contributed by atoms with E-state index in [1.807, 2.05) is 96.8 Å². The Bertz CT molecular complexity index is 981. The minimum Gasteiger partial charge on any atom is -0.291 e. The van der Waals surface area contributed by atoms with Crippen LogP contribution in [0.4, 0.5) is 5.69 Å². The van der Waals surface area contributed by atoms with Gasteiger partial charge in [-0.05, 0) is 48.4 Å². The van der Waals surface area contributed by atoms with Crippen LogP contribution in [-0.4, -0.2) is 5.91 Å². The number of carbonyl (C=O) groups is 1. The number of nitrogens with zero attached hydrogens (tertiary/aromatic N) is 1. The third-order valence-electron chi connectivity index (χ3n) is 4.47. The maximum atomic E-state index is 13.3. The van der Waals surface area contributed by atoms with Crippen LogP contribution in [0.5, 0.6) is 0 Å². The van der Waals surface area contributed by atoms with Crippen molar-refractivity contribution in [1.82, 2.24) is 0 Å². The molecule has 1 saturated heterocycles. The highest BCUT2D eigenvalue weighted by Gasteiger charge is 2.38. The molecule has 0 N–H and O–H groups in total. The van der Waals surface area contributed by atoms with Crippen molar-refractivity contribution < 1.29 is 4.79 Å². The van der Waals surface area contributed by atoms with Gasteiger partial charge in [-0.25, -0.2) is 0 Å². The fourth-order valence-electron chi connectivity index (χ4n) is 3.05. The molecule has 1 atom stereocenters. The van der Waals surface area contributed by atoms with Crippen LogP contribution in [0.3, 0.4) is 0 Å². The fourth-order valence-corrected chi connectivity index (χ4v) is 4.43. The summed E-state index contributed by atoms with van der Waals surface area (Å²) in [4.78, 5) is 15.9. The lowest BCUT2D eigenvalue weighted by molar-refractivity contribution is -0.114. The normalized spacial score (nSPS) is 18.3. The van der Waals surface area contributed by atoms with Crippen molar-refractivity contribution >= 4 is 41.0 Å². The lowest BCUT2D eigenvalue weighted by atomic mass is 10.1. The van der Waals surface area contributed by atoms with E-state index >= 15 is 0 Å². The van der Waals surface area contributed by atoms with Gasteiger partial charge in [-0.15, -0.1) is 0 Å². The largest absolute Gasteiger partial charge is 0.291 e. The zero-order chi connectivity index (χ0) is 18.8. The minimum atomic E-state index is -0.118. The predicted molar refractivity (Wildman–Crippen MR) is 115 cm³/mol. The van der Waals surface area contributed by atoms with Gasteiger partial charge in [-0.2, -0.15) is 0 Å². The first-order valence-electron chi connectivity index (χ1n) is 8.71. The van der Waals surface area contributed by atoms with E-state index in [0.29, 0.717) is 5.02 Å². The number of hydrogen-bond acceptors (Lipinski definition) is 2. The van der Waals surface area contributed by atoms with E-state index < -0.39 is 0 Å². The molecule has 1 aliphatic rings. The van der Waals surface area contributed by atoms with Crippen molar-refractivity contribution in [2.45, 2.75) is 12.3 Å². The van der Waals surface area contributed by atoms with E-state index in [0.717, 1.165) is 21.7 Å². The monoisotopic (exact) mass is 391 g/mol. The lowest BCUT2D eigenvalue weighted by Gasteiger charge is -2.24.